The lowest BCUT2D eigenvalue weighted by Crippen LogP contribution is -3.14. The molecule has 2 aliphatic rings. The maximum Gasteiger partial charge on any atom is 0.230 e. The van der Waals surface area contributed by atoms with E-state index in [0.29, 0.717) is 18.0 Å². The summed E-state index contributed by atoms with van der Waals surface area (Å²) < 4.78 is 0. The topological polar surface area (TPSA) is 48.5 Å². The van der Waals surface area contributed by atoms with Crippen LogP contribution in [0.5, 0.6) is 0 Å². The van der Waals surface area contributed by atoms with Crippen molar-refractivity contribution in [2.75, 3.05) is 31.6 Å². The van der Waals surface area contributed by atoms with Crippen molar-refractivity contribution in [2.24, 2.45) is 5.92 Å². The Morgan fingerprint density at radius 2 is 2.26 bits per heavy atom. The average molecular weight is 328 g/mol. The summed E-state index contributed by atoms with van der Waals surface area (Å²) in [5.41, 5.74) is 1.37. The number of fused-ring (bicyclic) bond motifs is 1. The Balaban J connectivity index is 1.80. The zero-order chi connectivity index (χ0) is 16.4. The molecule has 120 valence electrons. The van der Waals surface area contributed by atoms with E-state index in [1.165, 1.54) is 29.5 Å². The van der Waals surface area contributed by atoms with E-state index >= 15 is 0 Å². The van der Waals surface area contributed by atoms with Crippen molar-refractivity contribution in [1.82, 2.24) is 0 Å². The monoisotopic (exact) mass is 328 g/mol. The Kier molecular flexibility index (Phi) is 4.74. The van der Waals surface area contributed by atoms with E-state index in [2.05, 4.69) is 13.0 Å². The molecule has 0 spiro atoms. The van der Waals surface area contributed by atoms with Crippen LogP contribution in [-0.4, -0.2) is 32.5 Å². The highest BCUT2D eigenvalue weighted by Gasteiger charge is 2.30. The molecule has 1 unspecified atom stereocenters. The summed E-state index contributed by atoms with van der Waals surface area (Å²) in [4.78, 5) is 17.1. The third kappa shape index (κ3) is 3.29. The van der Waals surface area contributed by atoms with Gasteiger partial charge in [-0.15, -0.1) is 0 Å². The molecule has 4 nitrogen and oxygen atoms in total. The van der Waals surface area contributed by atoms with Crippen LogP contribution in [0.2, 0.25) is 0 Å². The Hall–Kier alpha value is -1.77. The molecule has 0 aliphatic carbocycles. The van der Waals surface area contributed by atoms with Gasteiger partial charge in [-0.25, -0.2) is 0 Å². The number of thioether (sulfide) groups is 1. The first kappa shape index (κ1) is 16.1. The van der Waals surface area contributed by atoms with Crippen molar-refractivity contribution in [3.8, 4) is 6.07 Å². The molecule has 0 amide bonds. The van der Waals surface area contributed by atoms with E-state index in [0.717, 1.165) is 28.7 Å². The molecule has 2 heterocycles. The smallest absolute Gasteiger partial charge is 0.230 e. The first-order valence-electron chi connectivity index (χ1n) is 8.12. The van der Waals surface area contributed by atoms with Crippen molar-refractivity contribution in [2.45, 2.75) is 24.7 Å². The second-order valence-electron chi connectivity index (χ2n) is 6.47. The van der Waals surface area contributed by atoms with Gasteiger partial charge in [0.1, 0.15) is 23.2 Å². The number of piperidine rings is 1. The zero-order valence-corrected chi connectivity index (χ0v) is 14.4. The number of nitriles is 1. The van der Waals surface area contributed by atoms with Gasteiger partial charge in [-0.1, -0.05) is 30.8 Å². The summed E-state index contributed by atoms with van der Waals surface area (Å²) in [6.45, 7) is 4.74. The normalized spacial score (nSPS) is 25.7. The van der Waals surface area contributed by atoms with E-state index in [1.807, 2.05) is 36.2 Å². The minimum Gasteiger partial charge on any atom is -0.337 e. The van der Waals surface area contributed by atoms with Crippen LogP contribution in [0.1, 0.15) is 19.8 Å². The number of benzene rings is 1. The van der Waals surface area contributed by atoms with Gasteiger partial charge in [-0.05, 0) is 25.0 Å². The summed E-state index contributed by atoms with van der Waals surface area (Å²) in [5, 5.41) is 10.3. The number of rotatable bonds is 3. The van der Waals surface area contributed by atoms with Crippen LogP contribution in [-0.2, 0) is 4.79 Å². The standard InChI is InChI=1S/C18H21N3OS/c1-13-6-5-9-21(11-13)12-16(22)14(10-19)18-20(2)15-7-3-4-8-17(15)23-18/h3-4,7-8,13H,5-6,9,11-12H2,1-2H3/p+1/b18-14-/t13-/m1/s1. The number of likely N-dealkylation sites (tertiary alicyclic amines) is 1. The molecule has 2 atom stereocenters. The Labute approximate surface area is 141 Å². The van der Waals surface area contributed by atoms with Crippen LogP contribution in [0, 0.1) is 17.2 Å². The SMILES string of the molecule is C[C@@H]1CCC[NH+](CC(=O)/C(C#N)=C2\Sc3ccccc3N2C)C1. The highest BCUT2D eigenvalue weighted by Crippen LogP contribution is 2.45. The fourth-order valence-corrected chi connectivity index (χ4v) is 4.59. The van der Waals surface area contributed by atoms with Gasteiger partial charge >= 0.3 is 0 Å². The van der Waals surface area contributed by atoms with Crippen molar-refractivity contribution in [1.29, 1.82) is 5.26 Å². The van der Waals surface area contributed by atoms with Crippen molar-refractivity contribution in [3.63, 3.8) is 0 Å². The molecule has 1 aromatic carbocycles. The van der Waals surface area contributed by atoms with Gasteiger partial charge in [0.2, 0.25) is 5.78 Å². The number of hydrogen-bond acceptors (Lipinski definition) is 4. The minimum atomic E-state index is -0.0289. The van der Waals surface area contributed by atoms with Gasteiger partial charge in [-0.3, -0.25) is 4.79 Å². The second kappa shape index (κ2) is 6.77. The maximum atomic E-state index is 12.7. The number of hydrogen-bond donors (Lipinski definition) is 1. The summed E-state index contributed by atoms with van der Waals surface area (Å²) in [7, 11) is 1.93. The van der Waals surface area contributed by atoms with Gasteiger partial charge in [0.25, 0.3) is 0 Å². The molecule has 0 saturated carbocycles. The molecule has 2 aliphatic heterocycles. The molecule has 1 saturated heterocycles. The summed E-state index contributed by atoms with van der Waals surface area (Å²) in [6, 6.07) is 10.2. The Morgan fingerprint density at radius 3 is 2.96 bits per heavy atom. The summed E-state index contributed by atoms with van der Waals surface area (Å²) in [6.07, 6.45) is 2.42. The van der Waals surface area contributed by atoms with Crippen LogP contribution in [0.15, 0.2) is 39.8 Å². The van der Waals surface area contributed by atoms with Crippen LogP contribution in [0.4, 0.5) is 5.69 Å². The first-order valence-corrected chi connectivity index (χ1v) is 8.93. The van der Waals surface area contributed by atoms with Gasteiger partial charge in [0.15, 0.2) is 0 Å². The molecule has 0 aromatic heterocycles. The predicted molar refractivity (Wildman–Crippen MR) is 92.3 cm³/mol. The predicted octanol–water partition coefficient (Wildman–Crippen LogP) is 1.85. The van der Waals surface area contributed by atoms with E-state index in [1.54, 1.807) is 0 Å². The third-order valence-corrected chi connectivity index (χ3v) is 5.85. The Bertz CT molecular complexity index is 692. The van der Waals surface area contributed by atoms with E-state index in [9.17, 15) is 10.1 Å². The van der Waals surface area contributed by atoms with Crippen molar-refractivity contribution in [3.05, 3.63) is 34.9 Å². The number of carbonyl (C=O) groups excluding carboxylic acids is 1. The number of anilines is 1. The minimum absolute atomic E-state index is 0.0289. The molecule has 23 heavy (non-hydrogen) atoms. The van der Waals surface area contributed by atoms with Crippen molar-refractivity contribution < 1.29 is 9.69 Å². The largest absolute Gasteiger partial charge is 0.337 e. The summed E-state index contributed by atoms with van der Waals surface area (Å²) >= 11 is 1.52. The molecule has 3 rings (SSSR count). The quantitative estimate of drug-likeness (QED) is 0.679. The van der Waals surface area contributed by atoms with Gasteiger partial charge in [-0.2, -0.15) is 5.26 Å². The van der Waals surface area contributed by atoms with E-state index in [-0.39, 0.29) is 5.78 Å². The number of carbonyl (C=O) groups is 1. The fourth-order valence-electron chi connectivity index (χ4n) is 3.42. The number of quaternary nitrogens is 1. The van der Waals surface area contributed by atoms with Crippen LogP contribution in [0.25, 0.3) is 0 Å². The third-order valence-electron chi connectivity index (χ3n) is 4.62. The Morgan fingerprint density at radius 1 is 1.48 bits per heavy atom. The van der Waals surface area contributed by atoms with Gasteiger partial charge in [0.05, 0.1) is 18.8 Å². The number of nitrogens with zero attached hydrogens (tertiary/aromatic N) is 2. The van der Waals surface area contributed by atoms with E-state index in [4.69, 9.17) is 0 Å². The highest BCUT2D eigenvalue weighted by atomic mass is 32.2. The van der Waals surface area contributed by atoms with E-state index < -0.39 is 0 Å². The lowest BCUT2D eigenvalue weighted by atomic mass is 10.00. The molecule has 1 aromatic rings. The number of para-hydroxylation sites is 1. The molecule has 0 bridgehead atoms. The van der Waals surface area contributed by atoms with Crippen LogP contribution in [0.3, 0.4) is 0 Å². The van der Waals surface area contributed by atoms with Crippen molar-refractivity contribution >= 4 is 23.2 Å². The molecular formula is C18H22N3OS+. The average Bonchev–Trinajstić information content (AvgIpc) is 2.86. The lowest BCUT2D eigenvalue weighted by molar-refractivity contribution is -0.900. The van der Waals surface area contributed by atoms with Crippen LogP contribution >= 0.6 is 11.8 Å². The highest BCUT2D eigenvalue weighted by molar-refractivity contribution is 8.03. The number of nitrogens with one attached hydrogen (secondary N) is 1. The number of ketones is 1. The number of Topliss-reactive ketones (excluding diaryl/α,β-unsaturated/α-hetero) is 1. The molecule has 1 fully saturated rings. The molecular weight excluding hydrogens is 306 g/mol. The lowest BCUT2D eigenvalue weighted by Gasteiger charge is -2.27. The first-order chi connectivity index (χ1) is 11.1. The zero-order valence-electron chi connectivity index (χ0n) is 13.6. The molecule has 0 radical (unpaired) electrons. The molecule has 5 heteroatoms. The van der Waals surface area contributed by atoms with Crippen LogP contribution < -0.4 is 9.80 Å². The maximum absolute atomic E-state index is 12.7. The van der Waals surface area contributed by atoms with Gasteiger partial charge < -0.3 is 9.80 Å². The molecule has 1 N–H and O–H groups in total. The summed E-state index contributed by atoms with van der Waals surface area (Å²) in [5.74, 6) is 0.635. The van der Waals surface area contributed by atoms with Gasteiger partial charge in [0, 0.05) is 17.9 Å². The second-order valence-corrected chi connectivity index (χ2v) is 7.50. The fraction of sp³-hybridized carbons (Fsp3) is 0.444.